The van der Waals surface area contributed by atoms with Gasteiger partial charge < -0.3 is 0 Å². The monoisotopic (exact) mass is 800 g/mol. The summed E-state index contributed by atoms with van der Waals surface area (Å²) in [5.41, 5.74) is 18.4. The molecule has 9 aromatic carbocycles. The van der Waals surface area contributed by atoms with E-state index in [4.69, 9.17) is 19.9 Å². The molecule has 0 saturated carbocycles. The van der Waals surface area contributed by atoms with E-state index in [0.717, 1.165) is 66.6 Å². The summed E-state index contributed by atoms with van der Waals surface area (Å²) < 4.78 is 0. The lowest BCUT2D eigenvalue weighted by Gasteiger charge is -2.30. The fourth-order valence-electron chi connectivity index (χ4n) is 10.3. The molecule has 0 unspecified atom stereocenters. The summed E-state index contributed by atoms with van der Waals surface area (Å²) in [6, 6.07) is 77.8. The maximum atomic E-state index is 5.45. The van der Waals surface area contributed by atoms with Gasteiger partial charge in [-0.15, -0.1) is 0 Å². The van der Waals surface area contributed by atoms with Gasteiger partial charge in [-0.25, -0.2) is 19.9 Å². The first-order valence-corrected chi connectivity index (χ1v) is 21.5. The Balaban J connectivity index is 1.03. The van der Waals surface area contributed by atoms with Crippen LogP contribution in [0, 0.1) is 0 Å². The highest BCUT2D eigenvalue weighted by molar-refractivity contribution is 6.10. The van der Waals surface area contributed by atoms with Crippen LogP contribution in [0.1, 0.15) is 22.3 Å². The average Bonchev–Trinajstić information content (AvgIpc) is 3.83. The van der Waals surface area contributed by atoms with Gasteiger partial charge in [-0.1, -0.05) is 194 Å². The van der Waals surface area contributed by atoms with Crippen molar-refractivity contribution in [1.82, 2.24) is 19.9 Å². The first kappa shape index (κ1) is 35.4. The number of hydrogen-bond acceptors (Lipinski definition) is 4. The van der Waals surface area contributed by atoms with E-state index in [1.807, 2.05) is 30.3 Å². The molecule has 292 valence electrons. The number of hydrogen-bond donors (Lipinski definition) is 0. The van der Waals surface area contributed by atoms with Crippen LogP contribution in [0.25, 0.3) is 100 Å². The van der Waals surface area contributed by atoms with Gasteiger partial charge in [0.2, 0.25) is 0 Å². The molecule has 0 saturated heterocycles. The van der Waals surface area contributed by atoms with Crippen molar-refractivity contribution in [2.24, 2.45) is 0 Å². The van der Waals surface area contributed by atoms with Crippen LogP contribution in [0.2, 0.25) is 0 Å². The van der Waals surface area contributed by atoms with Crippen molar-refractivity contribution in [1.29, 1.82) is 0 Å². The first-order chi connectivity index (χ1) is 31.2. The fraction of sp³-hybridized carbons (Fsp3) is 0.0169. The first-order valence-electron chi connectivity index (χ1n) is 21.5. The minimum Gasteiger partial charge on any atom is -0.228 e. The summed E-state index contributed by atoms with van der Waals surface area (Å²) >= 11 is 0. The number of benzene rings is 9. The molecule has 0 amide bonds. The Morgan fingerprint density at radius 1 is 0.286 bits per heavy atom. The lowest BCUT2D eigenvalue weighted by Crippen LogP contribution is -2.25. The second kappa shape index (κ2) is 13.8. The minimum atomic E-state index is -0.453. The third kappa shape index (κ3) is 5.35. The van der Waals surface area contributed by atoms with Gasteiger partial charge in [-0.2, -0.15) is 0 Å². The molecule has 4 nitrogen and oxygen atoms in total. The van der Waals surface area contributed by atoms with E-state index in [0.29, 0.717) is 11.6 Å². The topological polar surface area (TPSA) is 51.6 Å². The van der Waals surface area contributed by atoms with Crippen LogP contribution in [0.4, 0.5) is 0 Å². The van der Waals surface area contributed by atoms with Gasteiger partial charge >= 0.3 is 0 Å². The Morgan fingerprint density at radius 3 is 1.41 bits per heavy atom. The number of nitrogens with zero attached hydrogens (tertiary/aromatic N) is 4. The van der Waals surface area contributed by atoms with Gasteiger partial charge in [0, 0.05) is 38.6 Å². The normalized spacial score (nSPS) is 12.9. The van der Waals surface area contributed by atoms with Crippen LogP contribution >= 0.6 is 0 Å². The van der Waals surface area contributed by atoms with E-state index in [1.54, 1.807) is 0 Å². The van der Waals surface area contributed by atoms with Crippen LogP contribution in [0.15, 0.2) is 218 Å². The molecule has 2 aliphatic carbocycles. The van der Waals surface area contributed by atoms with Crippen LogP contribution in [-0.4, -0.2) is 19.9 Å². The molecule has 1 spiro atoms. The highest BCUT2D eigenvalue weighted by Gasteiger charge is 2.51. The summed E-state index contributed by atoms with van der Waals surface area (Å²) in [5.74, 6) is 1.34. The molecule has 4 heteroatoms. The molecule has 2 aromatic heterocycles. The van der Waals surface area contributed by atoms with Crippen molar-refractivity contribution < 1.29 is 0 Å². The van der Waals surface area contributed by atoms with E-state index in [2.05, 4.69) is 188 Å². The fourth-order valence-corrected chi connectivity index (χ4v) is 10.3. The van der Waals surface area contributed by atoms with Gasteiger partial charge in [-0.05, 0) is 74.2 Å². The Morgan fingerprint density at radius 2 is 0.778 bits per heavy atom. The molecular formula is C59H36N4. The Bertz CT molecular complexity index is 3550. The maximum absolute atomic E-state index is 5.45. The van der Waals surface area contributed by atoms with Crippen molar-refractivity contribution in [3.8, 4) is 78.8 Å². The second-order valence-electron chi connectivity index (χ2n) is 16.5. The van der Waals surface area contributed by atoms with E-state index in [1.165, 1.54) is 44.5 Å². The van der Waals surface area contributed by atoms with Crippen LogP contribution < -0.4 is 0 Å². The zero-order valence-electron chi connectivity index (χ0n) is 34.1. The summed E-state index contributed by atoms with van der Waals surface area (Å²) in [6.45, 7) is 0. The molecule has 0 N–H and O–H groups in total. The smallest absolute Gasteiger partial charge is 0.160 e. The predicted molar refractivity (Wildman–Crippen MR) is 256 cm³/mol. The Labute approximate surface area is 364 Å². The zero-order chi connectivity index (χ0) is 41.5. The molecule has 0 radical (unpaired) electrons. The van der Waals surface area contributed by atoms with Gasteiger partial charge in [0.15, 0.2) is 11.6 Å². The maximum Gasteiger partial charge on any atom is 0.160 e. The van der Waals surface area contributed by atoms with Crippen molar-refractivity contribution >= 4 is 21.7 Å². The van der Waals surface area contributed by atoms with Gasteiger partial charge in [0.05, 0.1) is 28.0 Å². The van der Waals surface area contributed by atoms with Crippen molar-refractivity contribution in [3.63, 3.8) is 0 Å². The molecule has 0 bridgehead atoms. The van der Waals surface area contributed by atoms with Crippen molar-refractivity contribution in [3.05, 3.63) is 241 Å². The SMILES string of the molecule is c1ccc(-c2cc(-c3ccc4c(c3)C3(c5ccccc5-c5ccccc53)c3ccccc3-4)nc(-c3ccc4ccc5c(-c6ccccc6)nc(-c6ccccc6)nc5c4c3)n2)cc1. The standard InChI is InChI=1S/C59H36N4/c1-4-16-38(17-5-1)53-36-54(41-31-32-46-45-24-12-15-27-51(45)59(52(46)35-41)49-25-13-10-22-43(49)44-23-11-14-26-50(44)59)61-58(60-53)42-29-28-37-30-33-47-55(39-18-6-2-7-19-39)62-57(40-20-8-3-9-21-40)63-56(47)48(37)34-42/h1-36H. The minimum absolute atomic E-state index is 0.453. The van der Waals surface area contributed by atoms with E-state index in [-0.39, 0.29) is 0 Å². The lowest BCUT2D eigenvalue weighted by atomic mass is 9.70. The summed E-state index contributed by atoms with van der Waals surface area (Å²) in [6.07, 6.45) is 0. The van der Waals surface area contributed by atoms with Crippen molar-refractivity contribution in [2.75, 3.05) is 0 Å². The summed E-state index contributed by atoms with van der Waals surface area (Å²) in [7, 11) is 0. The number of aromatic nitrogens is 4. The van der Waals surface area contributed by atoms with E-state index >= 15 is 0 Å². The summed E-state index contributed by atoms with van der Waals surface area (Å²) in [4.78, 5) is 21.2. The molecule has 2 heterocycles. The number of rotatable bonds is 5. The lowest BCUT2D eigenvalue weighted by molar-refractivity contribution is 0.794. The van der Waals surface area contributed by atoms with Gasteiger partial charge in [-0.3, -0.25) is 0 Å². The molecule has 13 rings (SSSR count). The van der Waals surface area contributed by atoms with Gasteiger partial charge in [0.25, 0.3) is 0 Å². The van der Waals surface area contributed by atoms with Crippen molar-refractivity contribution in [2.45, 2.75) is 5.41 Å². The predicted octanol–water partition coefficient (Wildman–Crippen LogP) is 14.3. The third-order valence-corrected chi connectivity index (χ3v) is 13.1. The van der Waals surface area contributed by atoms with E-state index < -0.39 is 5.41 Å². The molecule has 0 aliphatic heterocycles. The Kier molecular flexibility index (Phi) is 7.79. The highest BCUT2D eigenvalue weighted by Crippen LogP contribution is 2.63. The van der Waals surface area contributed by atoms with E-state index in [9.17, 15) is 0 Å². The molecular weight excluding hydrogens is 765 g/mol. The second-order valence-corrected chi connectivity index (χ2v) is 16.5. The van der Waals surface area contributed by atoms with Crippen LogP contribution in [0.3, 0.4) is 0 Å². The quantitative estimate of drug-likeness (QED) is 0.163. The summed E-state index contributed by atoms with van der Waals surface area (Å²) in [5, 5.41) is 3.10. The molecule has 63 heavy (non-hydrogen) atoms. The third-order valence-electron chi connectivity index (χ3n) is 13.1. The van der Waals surface area contributed by atoms with Crippen LogP contribution in [0.5, 0.6) is 0 Å². The van der Waals surface area contributed by atoms with Crippen LogP contribution in [-0.2, 0) is 5.41 Å². The molecule has 0 atom stereocenters. The number of fused-ring (bicyclic) bond motifs is 13. The zero-order valence-corrected chi connectivity index (χ0v) is 34.1. The van der Waals surface area contributed by atoms with Gasteiger partial charge in [0.1, 0.15) is 0 Å². The average molecular weight is 801 g/mol. The Hall–Kier alpha value is -8.34. The largest absolute Gasteiger partial charge is 0.228 e. The molecule has 2 aliphatic rings. The molecule has 0 fully saturated rings. The molecule has 11 aromatic rings. The highest BCUT2D eigenvalue weighted by atomic mass is 14.9.